The third-order valence-corrected chi connectivity index (χ3v) is 4.33. The van der Waals surface area contributed by atoms with Crippen molar-refractivity contribution >= 4 is 11.3 Å². The Balaban J connectivity index is 2.09. The highest BCUT2D eigenvalue weighted by Gasteiger charge is 2.33. The Morgan fingerprint density at radius 2 is 1.94 bits per heavy atom. The minimum atomic E-state index is 0.570. The summed E-state index contributed by atoms with van der Waals surface area (Å²) in [6.45, 7) is 0.999. The van der Waals surface area contributed by atoms with Crippen LogP contribution < -0.4 is 26.8 Å². The maximum absolute atomic E-state index is 3.33. The molecule has 3 aliphatic rings. The van der Waals surface area contributed by atoms with Crippen LogP contribution >= 0.6 is 0 Å². The van der Waals surface area contributed by atoms with Crippen molar-refractivity contribution in [2.24, 2.45) is 11.8 Å². The minimum Gasteiger partial charge on any atom is -0.311 e. The van der Waals surface area contributed by atoms with Crippen molar-refractivity contribution in [2.75, 3.05) is 6.54 Å². The van der Waals surface area contributed by atoms with Gasteiger partial charge >= 0.3 is 0 Å². The van der Waals surface area contributed by atoms with Gasteiger partial charge in [-0.25, -0.2) is 5.43 Å². The van der Waals surface area contributed by atoms with Gasteiger partial charge in [-0.1, -0.05) is 36.4 Å². The number of hydrazine groups is 2. The van der Waals surface area contributed by atoms with Crippen molar-refractivity contribution in [3.63, 3.8) is 0 Å². The molecule has 92 valence electrons. The fourth-order valence-corrected chi connectivity index (χ4v) is 3.52. The van der Waals surface area contributed by atoms with Crippen molar-refractivity contribution < 1.29 is 0 Å². The lowest BCUT2D eigenvalue weighted by Crippen LogP contribution is -2.58. The molecule has 1 heterocycles. The van der Waals surface area contributed by atoms with E-state index in [0.717, 1.165) is 6.54 Å². The molecule has 3 nitrogen and oxygen atoms in total. The van der Waals surface area contributed by atoms with E-state index < -0.39 is 0 Å². The average molecular weight is 239 g/mol. The van der Waals surface area contributed by atoms with Gasteiger partial charge in [-0.15, -0.1) is 0 Å². The van der Waals surface area contributed by atoms with Crippen molar-refractivity contribution in [2.45, 2.75) is 12.8 Å². The molecule has 2 aliphatic carbocycles. The first-order chi connectivity index (χ1) is 8.95. The molecule has 0 bridgehead atoms. The lowest BCUT2D eigenvalue weighted by molar-refractivity contribution is 0.329. The Bertz CT molecular complexity index is 629. The fraction of sp³-hybridized carbons (Fsp3) is 0.333. The number of benzene rings is 1. The number of hydrogen-bond donors (Lipinski definition) is 3. The number of allylic oxidation sites excluding steroid dienone is 2. The first kappa shape index (κ1) is 10.4. The van der Waals surface area contributed by atoms with Crippen LogP contribution in [-0.4, -0.2) is 6.54 Å². The first-order valence-corrected chi connectivity index (χ1v) is 6.69. The highest BCUT2D eigenvalue weighted by Crippen LogP contribution is 2.35. The zero-order chi connectivity index (χ0) is 11.9. The van der Waals surface area contributed by atoms with Gasteiger partial charge in [-0.05, 0) is 29.6 Å². The second-order valence-corrected chi connectivity index (χ2v) is 5.24. The Hall–Kier alpha value is -1.58. The summed E-state index contributed by atoms with van der Waals surface area (Å²) in [6.07, 6.45) is 7.12. The van der Waals surface area contributed by atoms with Gasteiger partial charge in [0.1, 0.15) is 0 Å². The maximum atomic E-state index is 3.33. The van der Waals surface area contributed by atoms with Gasteiger partial charge in [0, 0.05) is 23.4 Å². The van der Waals surface area contributed by atoms with E-state index in [1.807, 2.05) is 0 Å². The van der Waals surface area contributed by atoms with Crippen LogP contribution in [0.25, 0.3) is 11.3 Å². The van der Waals surface area contributed by atoms with Gasteiger partial charge in [-0.2, -0.15) is 5.53 Å². The summed E-state index contributed by atoms with van der Waals surface area (Å²) in [6, 6.07) is 8.74. The van der Waals surface area contributed by atoms with Crippen LogP contribution in [0, 0.1) is 11.8 Å². The van der Waals surface area contributed by atoms with Crippen LogP contribution in [0.1, 0.15) is 12.8 Å². The molecule has 18 heavy (non-hydrogen) atoms. The predicted molar refractivity (Wildman–Crippen MR) is 72.1 cm³/mol. The van der Waals surface area contributed by atoms with Crippen LogP contribution in [0.15, 0.2) is 36.4 Å². The quantitative estimate of drug-likeness (QED) is 0.603. The van der Waals surface area contributed by atoms with E-state index >= 15 is 0 Å². The highest BCUT2D eigenvalue weighted by molar-refractivity contribution is 5.68. The Kier molecular flexibility index (Phi) is 2.28. The molecule has 4 rings (SSSR count). The second kappa shape index (κ2) is 3.97. The van der Waals surface area contributed by atoms with Crippen molar-refractivity contribution in [1.82, 2.24) is 16.4 Å². The van der Waals surface area contributed by atoms with E-state index in [-0.39, 0.29) is 0 Å². The summed E-state index contributed by atoms with van der Waals surface area (Å²) in [5, 5.41) is 2.76. The first-order valence-electron chi connectivity index (χ1n) is 6.69. The summed E-state index contributed by atoms with van der Waals surface area (Å²) in [4.78, 5) is 0. The normalized spacial score (nSPS) is 29.1. The Labute approximate surface area is 106 Å². The Morgan fingerprint density at radius 1 is 1.06 bits per heavy atom. The van der Waals surface area contributed by atoms with Crippen molar-refractivity contribution in [3.05, 3.63) is 46.9 Å². The van der Waals surface area contributed by atoms with Gasteiger partial charge in [0.25, 0.3) is 0 Å². The smallest absolute Gasteiger partial charge is 0.0404 e. The molecule has 1 aromatic carbocycles. The SMILES string of the molecule is C1=CC2=c3ccccc3=C3NNNCC3C2CC1. The maximum Gasteiger partial charge on any atom is 0.0404 e. The van der Waals surface area contributed by atoms with Gasteiger partial charge in [0.2, 0.25) is 0 Å². The van der Waals surface area contributed by atoms with Crippen LogP contribution in [0.5, 0.6) is 0 Å². The molecule has 2 unspecified atom stereocenters. The molecule has 0 amide bonds. The molecular formula is C15H17N3. The van der Waals surface area contributed by atoms with Gasteiger partial charge in [-0.3, -0.25) is 0 Å². The lowest BCUT2D eigenvalue weighted by atomic mass is 9.73. The van der Waals surface area contributed by atoms with Crippen LogP contribution in [0.4, 0.5) is 0 Å². The molecule has 1 fully saturated rings. The topological polar surface area (TPSA) is 36.1 Å². The molecule has 1 saturated heterocycles. The molecule has 0 radical (unpaired) electrons. The fourth-order valence-electron chi connectivity index (χ4n) is 3.52. The monoisotopic (exact) mass is 239 g/mol. The summed E-state index contributed by atoms with van der Waals surface area (Å²) >= 11 is 0. The predicted octanol–water partition coefficient (Wildman–Crippen LogP) is 0.154. The summed E-state index contributed by atoms with van der Waals surface area (Å²) in [5.41, 5.74) is 12.5. The molecule has 0 spiro atoms. The molecule has 3 heteroatoms. The van der Waals surface area contributed by atoms with E-state index in [9.17, 15) is 0 Å². The van der Waals surface area contributed by atoms with Crippen molar-refractivity contribution in [3.8, 4) is 0 Å². The molecule has 0 saturated carbocycles. The van der Waals surface area contributed by atoms with Crippen LogP contribution in [-0.2, 0) is 0 Å². The van der Waals surface area contributed by atoms with E-state index in [1.165, 1.54) is 34.5 Å². The molecule has 2 atom stereocenters. The summed E-state index contributed by atoms with van der Waals surface area (Å²) in [7, 11) is 0. The van der Waals surface area contributed by atoms with Crippen LogP contribution in [0.3, 0.4) is 0 Å². The molecule has 1 aliphatic heterocycles. The van der Waals surface area contributed by atoms with Crippen LogP contribution in [0.2, 0.25) is 0 Å². The zero-order valence-electron chi connectivity index (χ0n) is 10.2. The Morgan fingerprint density at radius 3 is 2.89 bits per heavy atom. The average Bonchev–Trinajstić information content (AvgIpc) is 2.48. The lowest BCUT2D eigenvalue weighted by Gasteiger charge is -2.38. The molecular weight excluding hydrogens is 222 g/mol. The largest absolute Gasteiger partial charge is 0.311 e. The summed E-state index contributed by atoms with van der Waals surface area (Å²) in [5.74, 6) is 1.23. The second-order valence-electron chi connectivity index (χ2n) is 5.24. The van der Waals surface area contributed by atoms with E-state index in [0.29, 0.717) is 11.8 Å². The van der Waals surface area contributed by atoms with E-state index in [1.54, 1.807) is 0 Å². The number of nitrogens with one attached hydrogen (secondary N) is 3. The number of fused-ring (bicyclic) bond motifs is 4. The molecule has 0 aromatic heterocycles. The van der Waals surface area contributed by atoms with Gasteiger partial charge in [0.15, 0.2) is 0 Å². The minimum absolute atomic E-state index is 0.570. The standard InChI is InChI=1S/C15H17N3/c1-2-7-12-10(5-1)11-6-3-4-8-13(11)15-14(12)9-16-18-17-15/h1,3-6,8,12,14,16-18H,2,7,9H2. The third-order valence-electron chi connectivity index (χ3n) is 4.33. The van der Waals surface area contributed by atoms with Gasteiger partial charge in [0.05, 0.1) is 0 Å². The van der Waals surface area contributed by atoms with Gasteiger partial charge < -0.3 is 5.43 Å². The highest BCUT2D eigenvalue weighted by atomic mass is 15.6. The van der Waals surface area contributed by atoms with E-state index in [4.69, 9.17) is 0 Å². The zero-order valence-corrected chi connectivity index (χ0v) is 10.2. The third kappa shape index (κ3) is 1.38. The molecule has 1 aromatic rings. The summed E-state index contributed by atoms with van der Waals surface area (Å²) < 4.78 is 0. The number of hydrogen-bond acceptors (Lipinski definition) is 3. The van der Waals surface area contributed by atoms with E-state index in [2.05, 4.69) is 52.8 Å². The molecule has 3 N–H and O–H groups in total. The number of rotatable bonds is 0. The van der Waals surface area contributed by atoms with Crippen molar-refractivity contribution in [1.29, 1.82) is 0 Å².